The third kappa shape index (κ3) is 7.72. The maximum absolute atomic E-state index is 12.4. The molecule has 156 valence electrons. The molecule has 0 heterocycles. The Kier molecular flexibility index (Phi) is 9.98. The lowest BCUT2D eigenvalue weighted by Gasteiger charge is -2.21. The van der Waals surface area contributed by atoms with Crippen LogP contribution in [0.15, 0.2) is 60.7 Å². The minimum atomic E-state index is 0.00666. The van der Waals surface area contributed by atoms with Crippen LogP contribution in [0.1, 0.15) is 63.0 Å². The smallest absolute Gasteiger partial charge is 0.222 e. The van der Waals surface area contributed by atoms with Gasteiger partial charge in [-0.05, 0) is 30.4 Å². The third-order valence-corrected chi connectivity index (χ3v) is 5.04. The van der Waals surface area contributed by atoms with Gasteiger partial charge in [0.2, 0.25) is 11.8 Å². The monoisotopic (exact) mass is 394 g/mol. The Morgan fingerprint density at radius 2 is 1.34 bits per heavy atom. The van der Waals surface area contributed by atoms with E-state index in [1.54, 1.807) is 0 Å². The molecular weight excluding hydrogens is 360 g/mol. The fourth-order valence-electron chi connectivity index (χ4n) is 3.56. The van der Waals surface area contributed by atoms with E-state index in [-0.39, 0.29) is 17.7 Å². The zero-order chi connectivity index (χ0) is 20.9. The Morgan fingerprint density at radius 3 is 1.83 bits per heavy atom. The maximum Gasteiger partial charge on any atom is 0.222 e. The molecule has 0 unspecified atom stereocenters. The fraction of sp³-hybridized carbons (Fsp3) is 0.440. The highest BCUT2D eigenvalue weighted by Crippen LogP contribution is 2.23. The van der Waals surface area contributed by atoms with Crippen LogP contribution >= 0.6 is 0 Å². The van der Waals surface area contributed by atoms with Crippen LogP contribution in [-0.2, 0) is 9.59 Å². The average molecular weight is 395 g/mol. The molecule has 4 heteroatoms. The van der Waals surface area contributed by atoms with Gasteiger partial charge < -0.3 is 10.2 Å². The predicted molar refractivity (Wildman–Crippen MR) is 119 cm³/mol. The van der Waals surface area contributed by atoms with Gasteiger partial charge in [-0.15, -0.1) is 0 Å². The SMILES string of the molecule is CCCN(CCC)C(=O)CCCC(=O)NCC(c1ccccc1)c1ccccc1. The van der Waals surface area contributed by atoms with Gasteiger partial charge in [0.05, 0.1) is 0 Å². The average Bonchev–Trinajstić information content (AvgIpc) is 2.75. The highest BCUT2D eigenvalue weighted by Gasteiger charge is 2.16. The van der Waals surface area contributed by atoms with Crippen molar-refractivity contribution in [2.24, 2.45) is 0 Å². The van der Waals surface area contributed by atoms with Gasteiger partial charge in [-0.25, -0.2) is 0 Å². The Bertz CT molecular complexity index is 686. The molecule has 0 aromatic heterocycles. The first-order valence-electron chi connectivity index (χ1n) is 10.8. The van der Waals surface area contributed by atoms with Crippen LogP contribution in [0, 0.1) is 0 Å². The summed E-state index contributed by atoms with van der Waals surface area (Å²) in [5.41, 5.74) is 2.37. The Balaban J connectivity index is 1.85. The zero-order valence-corrected chi connectivity index (χ0v) is 17.8. The molecule has 0 aliphatic rings. The Morgan fingerprint density at radius 1 is 0.828 bits per heavy atom. The summed E-state index contributed by atoms with van der Waals surface area (Å²) in [6, 6.07) is 20.5. The van der Waals surface area contributed by atoms with Gasteiger partial charge in [0, 0.05) is 38.4 Å². The van der Waals surface area contributed by atoms with Gasteiger partial charge in [-0.2, -0.15) is 0 Å². The molecule has 4 nitrogen and oxygen atoms in total. The lowest BCUT2D eigenvalue weighted by atomic mass is 9.91. The summed E-state index contributed by atoms with van der Waals surface area (Å²) >= 11 is 0. The first kappa shape index (κ1) is 22.7. The minimum absolute atomic E-state index is 0.00666. The van der Waals surface area contributed by atoms with E-state index in [4.69, 9.17) is 0 Å². The normalized spacial score (nSPS) is 10.7. The van der Waals surface area contributed by atoms with Crippen molar-refractivity contribution in [3.63, 3.8) is 0 Å². The van der Waals surface area contributed by atoms with Crippen LogP contribution in [0.5, 0.6) is 0 Å². The van der Waals surface area contributed by atoms with Gasteiger partial charge in [0.15, 0.2) is 0 Å². The zero-order valence-electron chi connectivity index (χ0n) is 17.8. The molecule has 1 N–H and O–H groups in total. The van der Waals surface area contributed by atoms with Crippen molar-refractivity contribution in [2.45, 2.75) is 51.9 Å². The van der Waals surface area contributed by atoms with E-state index < -0.39 is 0 Å². The molecule has 2 amide bonds. The number of rotatable bonds is 12. The molecule has 29 heavy (non-hydrogen) atoms. The molecule has 0 radical (unpaired) electrons. The highest BCUT2D eigenvalue weighted by atomic mass is 16.2. The first-order valence-corrected chi connectivity index (χ1v) is 10.8. The largest absolute Gasteiger partial charge is 0.355 e. The van der Waals surface area contributed by atoms with E-state index in [9.17, 15) is 9.59 Å². The van der Waals surface area contributed by atoms with Crippen molar-refractivity contribution >= 4 is 11.8 Å². The molecule has 0 fully saturated rings. The first-order chi connectivity index (χ1) is 14.2. The van der Waals surface area contributed by atoms with Crippen LogP contribution < -0.4 is 5.32 Å². The molecule has 0 spiro atoms. The molecule has 0 aliphatic heterocycles. The molecule has 2 rings (SSSR count). The summed E-state index contributed by atoms with van der Waals surface area (Å²) in [6.07, 6.45) is 3.34. The standard InChI is InChI=1S/C25H34N2O2/c1-3-18-27(19-4-2)25(29)17-11-16-24(28)26-20-23(21-12-7-5-8-13-21)22-14-9-6-10-15-22/h5-10,12-15,23H,3-4,11,16-20H2,1-2H3,(H,26,28). The van der Waals surface area contributed by atoms with Crippen LogP contribution in [0.25, 0.3) is 0 Å². The van der Waals surface area contributed by atoms with Crippen molar-refractivity contribution in [1.29, 1.82) is 0 Å². The number of hydrogen-bond acceptors (Lipinski definition) is 2. The summed E-state index contributed by atoms with van der Waals surface area (Å²) in [4.78, 5) is 26.6. The lowest BCUT2D eigenvalue weighted by Crippen LogP contribution is -2.33. The molecule has 2 aromatic carbocycles. The number of benzene rings is 2. The van der Waals surface area contributed by atoms with E-state index in [2.05, 4.69) is 43.4 Å². The highest BCUT2D eigenvalue weighted by molar-refractivity contribution is 5.79. The number of nitrogens with zero attached hydrogens (tertiary/aromatic N) is 1. The van der Waals surface area contributed by atoms with Crippen molar-refractivity contribution in [3.05, 3.63) is 71.8 Å². The third-order valence-electron chi connectivity index (χ3n) is 5.04. The second-order valence-electron chi connectivity index (χ2n) is 7.41. The Hall–Kier alpha value is -2.62. The topological polar surface area (TPSA) is 49.4 Å². The molecule has 2 aromatic rings. The Labute approximate surface area is 175 Å². The summed E-state index contributed by atoms with van der Waals surface area (Å²) < 4.78 is 0. The van der Waals surface area contributed by atoms with E-state index in [0.29, 0.717) is 25.8 Å². The van der Waals surface area contributed by atoms with E-state index >= 15 is 0 Å². The number of nitrogens with one attached hydrogen (secondary N) is 1. The maximum atomic E-state index is 12.4. The summed E-state index contributed by atoms with van der Waals surface area (Å²) in [6.45, 7) is 6.32. The van der Waals surface area contributed by atoms with E-state index in [0.717, 1.165) is 25.9 Å². The second-order valence-corrected chi connectivity index (χ2v) is 7.41. The summed E-state index contributed by atoms with van der Waals surface area (Å²) in [7, 11) is 0. The minimum Gasteiger partial charge on any atom is -0.355 e. The van der Waals surface area contributed by atoms with Gasteiger partial charge in [0.1, 0.15) is 0 Å². The van der Waals surface area contributed by atoms with Crippen LogP contribution in [-0.4, -0.2) is 36.3 Å². The molecule has 0 saturated heterocycles. The van der Waals surface area contributed by atoms with Gasteiger partial charge >= 0.3 is 0 Å². The number of carbonyl (C=O) groups is 2. The van der Waals surface area contributed by atoms with Gasteiger partial charge in [-0.3, -0.25) is 9.59 Å². The summed E-state index contributed by atoms with van der Waals surface area (Å²) in [5, 5.41) is 3.07. The summed E-state index contributed by atoms with van der Waals surface area (Å²) in [5.74, 6) is 0.285. The number of amides is 2. The quantitative estimate of drug-likeness (QED) is 0.564. The van der Waals surface area contributed by atoms with E-state index in [1.165, 1.54) is 11.1 Å². The van der Waals surface area contributed by atoms with Crippen molar-refractivity contribution in [3.8, 4) is 0 Å². The number of hydrogen-bond donors (Lipinski definition) is 1. The van der Waals surface area contributed by atoms with Crippen LogP contribution in [0.2, 0.25) is 0 Å². The number of carbonyl (C=O) groups excluding carboxylic acids is 2. The fourth-order valence-corrected chi connectivity index (χ4v) is 3.56. The second kappa shape index (κ2) is 12.8. The van der Waals surface area contributed by atoms with Gasteiger partial charge in [0.25, 0.3) is 0 Å². The van der Waals surface area contributed by atoms with Crippen molar-refractivity contribution in [1.82, 2.24) is 10.2 Å². The lowest BCUT2D eigenvalue weighted by molar-refractivity contribution is -0.131. The molecule has 0 atom stereocenters. The predicted octanol–water partition coefficient (Wildman–Crippen LogP) is 4.75. The van der Waals surface area contributed by atoms with Crippen LogP contribution in [0.4, 0.5) is 0 Å². The van der Waals surface area contributed by atoms with Gasteiger partial charge in [-0.1, -0.05) is 74.5 Å². The molecule has 0 bridgehead atoms. The van der Waals surface area contributed by atoms with Crippen molar-refractivity contribution in [2.75, 3.05) is 19.6 Å². The molecule has 0 saturated carbocycles. The van der Waals surface area contributed by atoms with Crippen molar-refractivity contribution < 1.29 is 9.59 Å². The molecular formula is C25H34N2O2. The van der Waals surface area contributed by atoms with Crippen LogP contribution in [0.3, 0.4) is 0 Å². The molecule has 0 aliphatic carbocycles. The van der Waals surface area contributed by atoms with E-state index in [1.807, 2.05) is 41.3 Å².